The fourth-order valence-corrected chi connectivity index (χ4v) is 6.47. The number of nitrogens with zero attached hydrogens (tertiary/aromatic N) is 4. The number of rotatable bonds is 4. The van der Waals surface area contributed by atoms with Crippen molar-refractivity contribution in [2.24, 2.45) is 7.05 Å². The highest BCUT2D eigenvalue weighted by molar-refractivity contribution is 7.13. The molecule has 6 rings (SSSR count). The predicted molar refractivity (Wildman–Crippen MR) is 146 cm³/mol. The topological polar surface area (TPSA) is 61.5 Å². The molecule has 0 radical (unpaired) electrons. The Kier molecular flexibility index (Phi) is 5.76. The zero-order valence-corrected chi connectivity index (χ0v) is 22.8. The number of hydrogen-bond acceptors (Lipinski definition) is 5. The molecular formula is C29H32N4O3S. The number of methoxy groups -OCH3 is 1. The number of aryl methyl sites for hydroxylation is 3. The Balaban J connectivity index is 1.57. The van der Waals surface area contributed by atoms with Crippen molar-refractivity contribution >= 4 is 17.2 Å². The summed E-state index contributed by atoms with van der Waals surface area (Å²) in [4.78, 5) is 22.1. The van der Waals surface area contributed by atoms with Crippen LogP contribution in [0.4, 0.5) is 0 Å². The number of fused-ring (bicyclic) bond motifs is 3. The van der Waals surface area contributed by atoms with Crippen molar-refractivity contribution in [1.29, 1.82) is 0 Å². The van der Waals surface area contributed by atoms with Crippen molar-refractivity contribution in [2.45, 2.75) is 39.2 Å². The van der Waals surface area contributed by atoms with Crippen LogP contribution in [-0.4, -0.2) is 57.3 Å². The Morgan fingerprint density at radius 1 is 1.22 bits per heavy atom. The Morgan fingerprint density at radius 3 is 2.73 bits per heavy atom. The highest BCUT2D eigenvalue weighted by Gasteiger charge is 2.38. The summed E-state index contributed by atoms with van der Waals surface area (Å²) in [5.74, 6) is 1.67. The monoisotopic (exact) mass is 516 g/mol. The molecule has 8 heteroatoms. The molecular weight excluding hydrogens is 484 g/mol. The summed E-state index contributed by atoms with van der Waals surface area (Å²) < 4.78 is 15.8. The van der Waals surface area contributed by atoms with Crippen molar-refractivity contribution < 1.29 is 14.3 Å². The first-order valence-electron chi connectivity index (χ1n) is 12.7. The van der Waals surface area contributed by atoms with E-state index in [-0.39, 0.29) is 11.4 Å². The molecule has 192 valence electrons. The molecule has 0 unspecified atom stereocenters. The number of aromatic nitrogens is 3. The van der Waals surface area contributed by atoms with Gasteiger partial charge in [0.05, 0.1) is 42.1 Å². The predicted octanol–water partition coefficient (Wildman–Crippen LogP) is 5.27. The Bertz CT molecular complexity index is 1510. The van der Waals surface area contributed by atoms with Gasteiger partial charge in [0, 0.05) is 37.1 Å². The van der Waals surface area contributed by atoms with Crippen LogP contribution in [0, 0.1) is 6.92 Å². The molecule has 1 saturated heterocycles. The van der Waals surface area contributed by atoms with Gasteiger partial charge < -0.3 is 18.9 Å². The third-order valence-electron chi connectivity index (χ3n) is 7.55. The SMILES string of the molecule is COc1cc2c(cc1-c1ccn(C)c1)-n1c(-c3sccc3C)nc(C(=O)N3CCOCC3(C)C)c1CC2. The summed E-state index contributed by atoms with van der Waals surface area (Å²) in [7, 11) is 3.74. The minimum absolute atomic E-state index is 0.0160. The summed E-state index contributed by atoms with van der Waals surface area (Å²) in [5, 5.41) is 2.09. The molecule has 1 amide bonds. The van der Waals surface area contributed by atoms with Crippen molar-refractivity contribution in [3.05, 3.63) is 64.6 Å². The van der Waals surface area contributed by atoms with Crippen LogP contribution in [0.25, 0.3) is 27.5 Å². The molecule has 0 saturated carbocycles. The lowest BCUT2D eigenvalue weighted by molar-refractivity contribution is -0.0373. The summed E-state index contributed by atoms with van der Waals surface area (Å²) >= 11 is 1.67. The summed E-state index contributed by atoms with van der Waals surface area (Å²) in [6, 6.07) is 8.56. The van der Waals surface area contributed by atoms with Gasteiger partial charge in [0.1, 0.15) is 5.75 Å². The first-order valence-corrected chi connectivity index (χ1v) is 13.6. The maximum atomic E-state index is 14.0. The number of carbonyl (C=O) groups excluding carboxylic acids is 1. The third-order valence-corrected chi connectivity index (χ3v) is 8.56. The first kappa shape index (κ1) is 24.0. The quantitative estimate of drug-likeness (QED) is 0.371. The average Bonchev–Trinajstić information content (AvgIpc) is 3.60. The van der Waals surface area contributed by atoms with Crippen molar-refractivity contribution in [2.75, 3.05) is 26.9 Å². The molecule has 5 heterocycles. The Hall–Kier alpha value is -3.36. The molecule has 1 aromatic carbocycles. The van der Waals surface area contributed by atoms with Crippen LogP contribution >= 0.6 is 11.3 Å². The van der Waals surface area contributed by atoms with Crippen molar-refractivity contribution in [3.8, 4) is 33.3 Å². The van der Waals surface area contributed by atoms with Crippen LogP contribution in [0.5, 0.6) is 5.75 Å². The van der Waals surface area contributed by atoms with Gasteiger partial charge in [-0.2, -0.15) is 0 Å². The Labute approximate surface area is 221 Å². The molecule has 4 aromatic rings. The highest BCUT2D eigenvalue weighted by Crippen LogP contribution is 2.42. The molecule has 3 aromatic heterocycles. The highest BCUT2D eigenvalue weighted by atomic mass is 32.1. The number of morpholine rings is 1. The Morgan fingerprint density at radius 2 is 2.05 bits per heavy atom. The van der Waals surface area contributed by atoms with Crippen LogP contribution in [-0.2, 0) is 24.6 Å². The largest absolute Gasteiger partial charge is 0.496 e. The third kappa shape index (κ3) is 3.90. The van der Waals surface area contributed by atoms with E-state index < -0.39 is 0 Å². The number of imidazole rings is 1. The van der Waals surface area contributed by atoms with Gasteiger partial charge in [0.2, 0.25) is 0 Å². The molecule has 37 heavy (non-hydrogen) atoms. The van der Waals surface area contributed by atoms with E-state index in [1.165, 1.54) is 5.56 Å². The van der Waals surface area contributed by atoms with Gasteiger partial charge in [0.15, 0.2) is 11.5 Å². The molecule has 0 spiro atoms. The van der Waals surface area contributed by atoms with Gasteiger partial charge in [-0.25, -0.2) is 4.98 Å². The normalized spacial score (nSPS) is 16.4. The van der Waals surface area contributed by atoms with E-state index in [0.717, 1.165) is 57.4 Å². The number of thiophene rings is 1. The van der Waals surface area contributed by atoms with Gasteiger partial charge in [-0.1, -0.05) is 0 Å². The van der Waals surface area contributed by atoms with Crippen LogP contribution < -0.4 is 4.74 Å². The number of amides is 1. The summed E-state index contributed by atoms with van der Waals surface area (Å²) in [5.41, 5.74) is 6.69. The molecule has 0 aliphatic carbocycles. The van der Waals surface area contributed by atoms with Gasteiger partial charge in [-0.05, 0) is 74.4 Å². The maximum Gasteiger partial charge on any atom is 0.274 e. The van der Waals surface area contributed by atoms with Gasteiger partial charge in [-0.15, -0.1) is 11.3 Å². The fourth-order valence-electron chi connectivity index (χ4n) is 5.56. The first-order chi connectivity index (χ1) is 17.8. The van der Waals surface area contributed by atoms with Gasteiger partial charge in [-0.3, -0.25) is 9.36 Å². The van der Waals surface area contributed by atoms with E-state index in [4.69, 9.17) is 14.5 Å². The van der Waals surface area contributed by atoms with Crippen molar-refractivity contribution in [1.82, 2.24) is 19.0 Å². The van der Waals surface area contributed by atoms with E-state index in [1.54, 1.807) is 18.4 Å². The van der Waals surface area contributed by atoms with E-state index in [2.05, 4.69) is 61.2 Å². The number of hydrogen-bond donors (Lipinski definition) is 0. The number of ether oxygens (including phenoxy) is 2. The molecule has 0 bridgehead atoms. The molecule has 2 aliphatic rings. The molecule has 2 aliphatic heterocycles. The zero-order valence-electron chi connectivity index (χ0n) is 22.0. The van der Waals surface area contributed by atoms with Crippen LogP contribution in [0.1, 0.15) is 41.2 Å². The summed E-state index contributed by atoms with van der Waals surface area (Å²) in [6.45, 7) is 7.86. The van der Waals surface area contributed by atoms with E-state index in [0.29, 0.717) is 25.5 Å². The summed E-state index contributed by atoms with van der Waals surface area (Å²) in [6.07, 6.45) is 5.70. The lowest BCUT2D eigenvalue weighted by Crippen LogP contribution is -2.55. The second-order valence-corrected chi connectivity index (χ2v) is 11.5. The molecule has 1 fully saturated rings. The van der Waals surface area contributed by atoms with E-state index in [1.807, 2.05) is 22.7 Å². The second kappa shape index (κ2) is 8.89. The lowest BCUT2D eigenvalue weighted by atomic mass is 9.95. The van der Waals surface area contributed by atoms with Gasteiger partial charge in [0.25, 0.3) is 5.91 Å². The minimum atomic E-state index is -0.384. The lowest BCUT2D eigenvalue weighted by Gasteiger charge is -2.41. The number of benzene rings is 1. The number of carbonyl (C=O) groups is 1. The molecule has 0 N–H and O–H groups in total. The minimum Gasteiger partial charge on any atom is -0.496 e. The molecule has 7 nitrogen and oxygen atoms in total. The van der Waals surface area contributed by atoms with Crippen molar-refractivity contribution in [3.63, 3.8) is 0 Å². The smallest absolute Gasteiger partial charge is 0.274 e. The van der Waals surface area contributed by atoms with Gasteiger partial charge >= 0.3 is 0 Å². The van der Waals surface area contributed by atoms with E-state index >= 15 is 0 Å². The van der Waals surface area contributed by atoms with Crippen LogP contribution in [0.15, 0.2) is 42.0 Å². The van der Waals surface area contributed by atoms with E-state index in [9.17, 15) is 4.79 Å². The van der Waals surface area contributed by atoms with Crippen LogP contribution in [0.3, 0.4) is 0 Å². The molecule has 0 atom stereocenters. The standard InChI is InChI=1S/C29H32N4O3S/c1-18-9-13-37-26(18)27-30-25(28(34)32-11-12-36-17-29(32,2)3)22-7-6-19-14-24(35-5)21(15-23(19)33(22)27)20-8-10-31(4)16-20/h8-10,13-16H,6-7,11-12,17H2,1-5H3. The van der Waals surface area contributed by atoms with Crippen LogP contribution in [0.2, 0.25) is 0 Å². The second-order valence-electron chi connectivity index (χ2n) is 10.6. The zero-order chi connectivity index (χ0) is 25.9. The maximum absolute atomic E-state index is 14.0. The fraction of sp³-hybridized carbons (Fsp3) is 0.379. The average molecular weight is 517 g/mol.